The van der Waals surface area contributed by atoms with Gasteiger partial charge in [-0.25, -0.2) is 4.79 Å². The third-order valence-corrected chi connectivity index (χ3v) is 7.17. The van der Waals surface area contributed by atoms with E-state index in [1.54, 1.807) is 0 Å². The van der Waals surface area contributed by atoms with Crippen LogP contribution in [-0.2, 0) is 19.1 Å². The maximum Gasteiger partial charge on any atom is 0.334 e. The number of hydrogen-bond donors (Lipinski definition) is 0. The topological polar surface area (TPSA) is 52.6 Å². The molecule has 3 aliphatic rings. The monoisotopic (exact) mass is 334 g/mol. The van der Waals surface area contributed by atoms with Crippen LogP contribution in [0.25, 0.3) is 0 Å². The number of carbonyl (C=O) groups is 2. The molecule has 2 aliphatic carbocycles. The minimum absolute atomic E-state index is 0.0406. The van der Waals surface area contributed by atoms with Crippen LogP contribution in [0.4, 0.5) is 0 Å². The Kier molecular flexibility index (Phi) is 4.76. The van der Waals surface area contributed by atoms with Crippen molar-refractivity contribution in [3.8, 4) is 0 Å². The summed E-state index contributed by atoms with van der Waals surface area (Å²) in [5.74, 6) is 0.765. The number of carbonyl (C=O) groups excluding carboxylic acids is 2. The van der Waals surface area contributed by atoms with Gasteiger partial charge in [0.1, 0.15) is 6.61 Å². The highest BCUT2D eigenvalue weighted by Crippen LogP contribution is 2.61. The Morgan fingerprint density at radius 3 is 2.75 bits per heavy atom. The number of hydrogen-bond acceptors (Lipinski definition) is 4. The summed E-state index contributed by atoms with van der Waals surface area (Å²) in [5, 5.41) is 0. The Labute approximate surface area is 145 Å². The molecule has 2 fully saturated rings. The molecule has 0 amide bonds. The Balaban J connectivity index is 1.77. The van der Waals surface area contributed by atoms with Gasteiger partial charge in [-0.3, -0.25) is 4.79 Å². The highest BCUT2D eigenvalue weighted by molar-refractivity contribution is 5.90. The quantitative estimate of drug-likeness (QED) is 0.728. The molecule has 1 unspecified atom stereocenters. The molecule has 0 aromatic carbocycles. The van der Waals surface area contributed by atoms with Gasteiger partial charge < -0.3 is 9.47 Å². The summed E-state index contributed by atoms with van der Waals surface area (Å²) in [6, 6.07) is 0. The number of fused-ring (bicyclic) bond motifs is 1. The van der Waals surface area contributed by atoms with E-state index in [-0.39, 0.29) is 22.8 Å². The van der Waals surface area contributed by atoms with Crippen LogP contribution >= 0.6 is 0 Å². The minimum atomic E-state index is -0.355. The van der Waals surface area contributed by atoms with Gasteiger partial charge >= 0.3 is 11.9 Å². The predicted molar refractivity (Wildman–Crippen MR) is 91.2 cm³/mol. The molecule has 0 bridgehead atoms. The molecular weight excluding hydrogens is 304 g/mol. The van der Waals surface area contributed by atoms with E-state index in [9.17, 15) is 9.59 Å². The van der Waals surface area contributed by atoms with Crippen molar-refractivity contribution < 1.29 is 19.1 Å². The van der Waals surface area contributed by atoms with Crippen LogP contribution in [0.5, 0.6) is 0 Å². The standard InChI is InChI=1S/C20H30O4/c1-19-11-5-12-20(2,18(22)23-3)16(19)7-4-6-15(19)9-8-14-10-13-24-17(14)21/h10,15-16H,4-9,11-13H2,1-3H3/t15-,16?,19-,20+/m1/s1. The Hall–Kier alpha value is -1.32. The van der Waals surface area contributed by atoms with Crippen molar-refractivity contribution in [3.05, 3.63) is 11.6 Å². The summed E-state index contributed by atoms with van der Waals surface area (Å²) in [6.07, 6.45) is 10.4. The van der Waals surface area contributed by atoms with E-state index in [0.29, 0.717) is 18.4 Å². The zero-order chi connectivity index (χ0) is 17.4. The lowest BCUT2D eigenvalue weighted by atomic mass is 9.47. The fraction of sp³-hybridized carbons (Fsp3) is 0.800. The minimum Gasteiger partial charge on any atom is -0.469 e. The summed E-state index contributed by atoms with van der Waals surface area (Å²) in [4.78, 5) is 24.2. The second kappa shape index (κ2) is 6.53. The molecule has 2 saturated carbocycles. The fourth-order valence-electron chi connectivity index (χ4n) is 5.83. The van der Waals surface area contributed by atoms with Gasteiger partial charge in [0, 0.05) is 5.57 Å². The molecule has 1 aliphatic heterocycles. The van der Waals surface area contributed by atoms with Crippen molar-refractivity contribution in [2.45, 2.75) is 65.2 Å². The van der Waals surface area contributed by atoms with Crippen molar-refractivity contribution in [1.29, 1.82) is 0 Å². The van der Waals surface area contributed by atoms with Gasteiger partial charge in [0.15, 0.2) is 0 Å². The first kappa shape index (κ1) is 17.5. The lowest BCUT2D eigenvalue weighted by molar-refractivity contribution is -0.170. The summed E-state index contributed by atoms with van der Waals surface area (Å²) in [5.41, 5.74) is 0.654. The van der Waals surface area contributed by atoms with Crippen LogP contribution in [0, 0.1) is 22.7 Å². The fourth-order valence-corrected chi connectivity index (χ4v) is 5.83. The molecule has 3 rings (SSSR count). The van der Waals surface area contributed by atoms with Gasteiger partial charge in [-0.15, -0.1) is 0 Å². The number of rotatable bonds is 4. The van der Waals surface area contributed by atoms with Crippen LogP contribution in [0.1, 0.15) is 65.2 Å². The zero-order valence-corrected chi connectivity index (χ0v) is 15.2. The van der Waals surface area contributed by atoms with E-state index in [1.807, 2.05) is 6.08 Å². The van der Waals surface area contributed by atoms with Crippen LogP contribution < -0.4 is 0 Å². The van der Waals surface area contributed by atoms with E-state index < -0.39 is 0 Å². The molecule has 134 valence electrons. The average molecular weight is 334 g/mol. The van der Waals surface area contributed by atoms with Crippen molar-refractivity contribution in [2.75, 3.05) is 13.7 Å². The molecule has 1 heterocycles. The molecule has 0 aromatic heterocycles. The lowest BCUT2D eigenvalue weighted by Crippen LogP contribution is -2.53. The van der Waals surface area contributed by atoms with Crippen LogP contribution in [0.3, 0.4) is 0 Å². The second-order valence-corrected chi connectivity index (χ2v) is 8.32. The van der Waals surface area contributed by atoms with Crippen LogP contribution in [0.2, 0.25) is 0 Å². The van der Waals surface area contributed by atoms with E-state index in [2.05, 4.69) is 13.8 Å². The molecule has 0 saturated heterocycles. The number of methoxy groups -OCH3 is 1. The van der Waals surface area contributed by atoms with Gasteiger partial charge in [0.05, 0.1) is 12.5 Å². The molecule has 0 spiro atoms. The lowest BCUT2D eigenvalue weighted by Gasteiger charge is -2.57. The number of ether oxygens (including phenoxy) is 2. The first-order valence-electron chi connectivity index (χ1n) is 9.36. The second-order valence-electron chi connectivity index (χ2n) is 8.32. The highest BCUT2D eigenvalue weighted by atomic mass is 16.5. The molecule has 0 aromatic rings. The normalized spacial score (nSPS) is 39.0. The smallest absolute Gasteiger partial charge is 0.334 e. The van der Waals surface area contributed by atoms with E-state index >= 15 is 0 Å². The van der Waals surface area contributed by atoms with Crippen molar-refractivity contribution in [3.63, 3.8) is 0 Å². The molecule has 0 N–H and O–H groups in total. The molecule has 24 heavy (non-hydrogen) atoms. The summed E-state index contributed by atoms with van der Waals surface area (Å²) < 4.78 is 10.2. The Morgan fingerprint density at radius 1 is 1.29 bits per heavy atom. The van der Waals surface area contributed by atoms with Crippen molar-refractivity contribution >= 4 is 11.9 Å². The van der Waals surface area contributed by atoms with Gasteiger partial charge in [0.2, 0.25) is 0 Å². The van der Waals surface area contributed by atoms with Gasteiger partial charge in [-0.05, 0) is 68.8 Å². The predicted octanol–water partition coefficient (Wildman–Crippen LogP) is 4.04. The summed E-state index contributed by atoms with van der Waals surface area (Å²) in [6.45, 7) is 4.92. The third-order valence-electron chi connectivity index (χ3n) is 7.17. The van der Waals surface area contributed by atoms with E-state index in [4.69, 9.17) is 9.47 Å². The van der Waals surface area contributed by atoms with Crippen molar-refractivity contribution in [1.82, 2.24) is 0 Å². The largest absolute Gasteiger partial charge is 0.469 e. The molecule has 0 radical (unpaired) electrons. The summed E-state index contributed by atoms with van der Waals surface area (Å²) in [7, 11) is 1.51. The summed E-state index contributed by atoms with van der Waals surface area (Å²) >= 11 is 0. The molecule has 4 atom stereocenters. The zero-order valence-electron chi connectivity index (χ0n) is 15.2. The third kappa shape index (κ3) is 2.78. The molecule has 4 heteroatoms. The first-order valence-corrected chi connectivity index (χ1v) is 9.36. The Morgan fingerprint density at radius 2 is 2.08 bits per heavy atom. The van der Waals surface area contributed by atoms with Gasteiger partial charge in [-0.1, -0.05) is 19.8 Å². The van der Waals surface area contributed by atoms with E-state index in [0.717, 1.165) is 37.7 Å². The number of cyclic esters (lactones) is 1. The number of esters is 2. The molecular formula is C20H30O4. The van der Waals surface area contributed by atoms with Crippen LogP contribution in [-0.4, -0.2) is 25.7 Å². The maximum absolute atomic E-state index is 12.5. The van der Waals surface area contributed by atoms with Gasteiger partial charge in [0.25, 0.3) is 0 Å². The average Bonchev–Trinajstić information content (AvgIpc) is 2.97. The Bertz CT molecular complexity index is 552. The van der Waals surface area contributed by atoms with Gasteiger partial charge in [-0.2, -0.15) is 0 Å². The maximum atomic E-state index is 12.5. The van der Waals surface area contributed by atoms with E-state index in [1.165, 1.54) is 26.4 Å². The van der Waals surface area contributed by atoms with Crippen LogP contribution in [0.15, 0.2) is 11.6 Å². The first-order chi connectivity index (χ1) is 11.4. The SMILES string of the molecule is COC(=O)[C@@]1(C)CCC[C@@]2(C)C1CCC[C@@H]2CCC1=CCOC1=O. The molecule has 4 nitrogen and oxygen atoms in total. The highest BCUT2D eigenvalue weighted by Gasteiger charge is 2.56. The van der Waals surface area contributed by atoms with Crippen molar-refractivity contribution in [2.24, 2.45) is 22.7 Å².